The van der Waals surface area contributed by atoms with E-state index in [0.29, 0.717) is 25.1 Å². The summed E-state index contributed by atoms with van der Waals surface area (Å²) in [7, 11) is 0. The van der Waals surface area contributed by atoms with Gasteiger partial charge in [-0.25, -0.2) is 4.79 Å². The van der Waals surface area contributed by atoms with Crippen LogP contribution in [-0.4, -0.2) is 33.8 Å². The minimum atomic E-state index is -0.938. The first-order valence-electron chi connectivity index (χ1n) is 7.62. The highest BCUT2D eigenvalue weighted by molar-refractivity contribution is 5.98. The van der Waals surface area contributed by atoms with Gasteiger partial charge in [-0.3, -0.25) is 9.48 Å². The number of hydrogen-bond donors (Lipinski definition) is 2. The molecule has 7 nitrogen and oxygen atoms in total. The molecule has 0 aliphatic heterocycles. The summed E-state index contributed by atoms with van der Waals surface area (Å²) in [5, 5.41) is 6.94. The van der Waals surface area contributed by atoms with E-state index in [9.17, 15) is 9.59 Å². The molecule has 0 bridgehead atoms. The van der Waals surface area contributed by atoms with Crippen molar-refractivity contribution in [2.24, 2.45) is 5.73 Å². The smallest absolute Gasteiger partial charge is 0.333 e. The van der Waals surface area contributed by atoms with Crippen LogP contribution in [0.25, 0.3) is 0 Å². The minimum absolute atomic E-state index is 0.196. The Labute approximate surface area is 130 Å². The van der Waals surface area contributed by atoms with E-state index >= 15 is 0 Å². The number of esters is 1. The van der Waals surface area contributed by atoms with Crippen molar-refractivity contribution in [3.63, 3.8) is 0 Å². The molecule has 1 aliphatic rings. The van der Waals surface area contributed by atoms with Crippen LogP contribution in [-0.2, 0) is 19.9 Å². The third-order valence-corrected chi connectivity index (χ3v) is 4.14. The van der Waals surface area contributed by atoms with Crippen LogP contribution in [0.15, 0.2) is 12.4 Å². The minimum Gasteiger partial charge on any atom is -0.464 e. The van der Waals surface area contributed by atoms with E-state index in [1.165, 1.54) is 10.9 Å². The molecule has 22 heavy (non-hydrogen) atoms. The fraction of sp³-hybridized carbons (Fsp3) is 0.667. The second kappa shape index (κ2) is 6.08. The molecule has 0 spiro atoms. The zero-order valence-electron chi connectivity index (χ0n) is 13.4. The van der Waals surface area contributed by atoms with Crippen LogP contribution in [0.5, 0.6) is 0 Å². The first-order valence-corrected chi connectivity index (χ1v) is 7.62. The lowest BCUT2D eigenvalue weighted by atomic mass is 9.98. The molecule has 0 radical (unpaired) electrons. The normalized spacial score (nSPS) is 17.3. The van der Waals surface area contributed by atoms with Crippen LogP contribution in [0.1, 0.15) is 46.5 Å². The summed E-state index contributed by atoms with van der Waals surface area (Å²) in [4.78, 5) is 24.2. The van der Waals surface area contributed by atoms with Gasteiger partial charge in [-0.2, -0.15) is 5.10 Å². The van der Waals surface area contributed by atoms with E-state index < -0.39 is 11.1 Å². The van der Waals surface area contributed by atoms with Crippen molar-refractivity contribution in [2.45, 2.75) is 57.5 Å². The molecule has 1 fully saturated rings. The molecular weight excluding hydrogens is 284 g/mol. The summed E-state index contributed by atoms with van der Waals surface area (Å²) in [5.41, 5.74) is 4.91. The van der Waals surface area contributed by atoms with Gasteiger partial charge < -0.3 is 15.8 Å². The highest BCUT2D eigenvalue weighted by Gasteiger charge is 2.37. The van der Waals surface area contributed by atoms with Crippen molar-refractivity contribution >= 4 is 17.6 Å². The highest BCUT2D eigenvalue weighted by Crippen LogP contribution is 2.28. The molecule has 1 heterocycles. The Kier molecular flexibility index (Phi) is 4.55. The van der Waals surface area contributed by atoms with Crippen LogP contribution in [0.2, 0.25) is 0 Å². The van der Waals surface area contributed by atoms with Gasteiger partial charge in [0.1, 0.15) is 0 Å². The Hall–Kier alpha value is -1.89. The Balaban J connectivity index is 2.08. The number of carbonyl (C=O) groups is 2. The molecule has 0 aromatic carbocycles. The molecule has 122 valence electrons. The summed E-state index contributed by atoms with van der Waals surface area (Å²) in [6.07, 6.45) is 6.46. The number of hydrogen-bond acceptors (Lipinski definition) is 5. The predicted octanol–water partition coefficient (Wildman–Crippen LogP) is 1.39. The largest absolute Gasteiger partial charge is 0.464 e. The molecule has 1 amide bonds. The van der Waals surface area contributed by atoms with Crippen molar-refractivity contribution in [1.82, 2.24) is 9.78 Å². The molecule has 3 N–H and O–H groups in total. The maximum Gasteiger partial charge on any atom is 0.333 e. The van der Waals surface area contributed by atoms with Gasteiger partial charge in [0.2, 0.25) is 5.91 Å². The third kappa shape index (κ3) is 3.14. The van der Waals surface area contributed by atoms with E-state index in [4.69, 9.17) is 10.5 Å². The Morgan fingerprint density at radius 1 is 1.45 bits per heavy atom. The molecule has 7 heteroatoms. The Morgan fingerprint density at radius 2 is 2.09 bits per heavy atom. The van der Waals surface area contributed by atoms with E-state index in [0.717, 1.165) is 12.8 Å². The average Bonchev–Trinajstić information content (AvgIpc) is 3.09. The quantitative estimate of drug-likeness (QED) is 0.801. The first kappa shape index (κ1) is 16.5. The monoisotopic (exact) mass is 308 g/mol. The molecule has 1 aromatic heterocycles. The average molecular weight is 308 g/mol. The molecule has 2 rings (SSSR count). The molecule has 0 atom stereocenters. The van der Waals surface area contributed by atoms with Gasteiger partial charge >= 0.3 is 5.97 Å². The SMILES string of the molecule is CCOC(=O)C(C)(C)n1cc(NC(=O)C2(N)CCCC2)cn1. The predicted molar refractivity (Wildman–Crippen MR) is 82.2 cm³/mol. The van der Waals surface area contributed by atoms with Gasteiger partial charge in [0, 0.05) is 6.20 Å². The summed E-state index contributed by atoms with van der Waals surface area (Å²) < 4.78 is 6.53. The fourth-order valence-electron chi connectivity index (χ4n) is 2.58. The zero-order valence-corrected chi connectivity index (χ0v) is 13.4. The molecule has 1 saturated carbocycles. The number of amides is 1. The Morgan fingerprint density at radius 3 is 2.68 bits per heavy atom. The summed E-state index contributed by atoms with van der Waals surface area (Å²) in [5.74, 6) is -0.569. The van der Waals surface area contributed by atoms with Gasteiger partial charge in [-0.05, 0) is 33.6 Å². The van der Waals surface area contributed by atoms with Crippen molar-refractivity contribution < 1.29 is 14.3 Å². The lowest BCUT2D eigenvalue weighted by Gasteiger charge is -2.23. The molecule has 0 unspecified atom stereocenters. The van der Waals surface area contributed by atoms with Crippen LogP contribution in [0.3, 0.4) is 0 Å². The lowest BCUT2D eigenvalue weighted by molar-refractivity contribution is -0.152. The van der Waals surface area contributed by atoms with Gasteiger partial charge in [0.25, 0.3) is 0 Å². The maximum atomic E-state index is 12.3. The molecule has 0 saturated heterocycles. The topological polar surface area (TPSA) is 99.2 Å². The van der Waals surface area contributed by atoms with E-state index in [-0.39, 0.29) is 11.9 Å². The number of nitrogens with two attached hydrogens (primary N) is 1. The Bertz CT molecular complexity index is 559. The number of ether oxygens (including phenoxy) is 1. The number of anilines is 1. The molecule has 1 aromatic rings. The number of aromatic nitrogens is 2. The fourth-order valence-corrected chi connectivity index (χ4v) is 2.58. The molecular formula is C15H24N4O3. The van der Waals surface area contributed by atoms with Gasteiger partial charge in [0.15, 0.2) is 5.54 Å². The summed E-state index contributed by atoms with van der Waals surface area (Å²) in [6.45, 7) is 5.49. The number of nitrogens with one attached hydrogen (secondary N) is 1. The zero-order chi connectivity index (χ0) is 16.4. The van der Waals surface area contributed by atoms with Crippen molar-refractivity contribution in [1.29, 1.82) is 0 Å². The van der Waals surface area contributed by atoms with Crippen molar-refractivity contribution in [3.05, 3.63) is 12.4 Å². The van der Waals surface area contributed by atoms with Crippen molar-refractivity contribution in [2.75, 3.05) is 11.9 Å². The second-order valence-corrected chi connectivity index (χ2v) is 6.27. The molecule has 1 aliphatic carbocycles. The van der Waals surface area contributed by atoms with Crippen molar-refractivity contribution in [3.8, 4) is 0 Å². The van der Waals surface area contributed by atoms with Gasteiger partial charge in [-0.15, -0.1) is 0 Å². The van der Waals surface area contributed by atoms with Crippen LogP contribution < -0.4 is 11.1 Å². The number of nitrogens with zero attached hydrogens (tertiary/aromatic N) is 2. The summed E-state index contributed by atoms with van der Waals surface area (Å²) >= 11 is 0. The van der Waals surface area contributed by atoms with E-state index in [1.54, 1.807) is 27.0 Å². The first-order chi connectivity index (χ1) is 10.3. The van der Waals surface area contributed by atoms with Gasteiger partial charge in [-0.1, -0.05) is 12.8 Å². The number of carbonyl (C=O) groups excluding carboxylic acids is 2. The van der Waals surface area contributed by atoms with Crippen LogP contribution in [0, 0.1) is 0 Å². The lowest BCUT2D eigenvalue weighted by Crippen LogP contribution is -2.48. The summed E-state index contributed by atoms with van der Waals surface area (Å²) in [6, 6.07) is 0. The maximum absolute atomic E-state index is 12.3. The van der Waals surface area contributed by atoms with Crippen LogP contribution >= 0.6 is 0 Å². The second-order valence-electron chi connectivity index (χ2n) is 6.27. The van der Waals surface area contributed by atoms with E-state index in [2.05, 4.69) is 10.4 Å². The van der Waals surface area contributed by atoms with E-state index in [1.807, 2.05) is 0 Å². The van der Waals surface area contributed by atoms with Crippen LogP contribution in [0.4, 0.5) is 5.69 Å². The standard InChI is InChI=1S/C15H24N4O3/c1-4-22-13(21)14(2,3)19-10-11(9-17-19)18-12(20)15(16)7-5-6-8-15/h9-10H,4-8,16H2,1-3H3,(H,18,20). The number of rotatable bonds is 5. The highest BCUT2D eigenvalue weighted by atomic mass is 16.5. The van der Waals surface area contributed by atoms with Gasteiger partial charge in [0.05, 0.1) is 24.0 Å². The third-order valence-electron chi connectivity index (χ3n) is 4.14.